The maximum absolute atomic E-state index is 6.16. The SMILES string of the molecule is C=CC[C@@H](N)c1ccc(N(C)C)cc1Cl.Cl. The molecule has 1 rings (SSSR count). The zero-order chi connectivity index (χ0) is 11.4. The molecule has 4 heteroatoms. The van der Waals surface area contributed by atoms with Crippen molar-refractivity contribution in [3.63, 3.8) is 0 Å². The van der Waals surface area contributed by atoms with Crippen LogP contribution < -0.4 is 10.6 Å². The molecule has 0 aliphatic heterocycles. The summed E-state index contributed by atoms with van der Waals surface area (Å²) in [7, 11) is 3.96. The molecule has 0 amide bonds. The highest BCUT2D eigenvalue weighted by Crippen LogP contribution is 2.27. The van der Waals surface area contributed by atoms with Gasteiger partial charge in [-0.2, -0.15) is 0 Å². The van der Waals surface area contributed by atoms with Gasteiger partial charge >= 0.3 is 0 Å². The van der Waals surface area contributed by atoms with Gasteiger partial charge in [0.25, 0.3) is 0 Å². The van der Waals surface area contributed by atoms with Gasteiger partial charge < -0.3 is 10.6 Å². The predicted molar refractivity (Wildman–Crippen MR) is 74.8 cm³/mol. The lowest BCUT2D eigenvalue weighted by Gasteiger charge is -2.16. The van der Waals surface area contributed by atoms with Gasteiger partial charge in [-0.25, -0.2) is 0 Å². The molecule has 0 unspecified atom stereocenters. The number of nitrogens with two attached hydrogens (primary N) is 1. The Morgan fingerprint density at radius 1 is 1.50 bits per heavy atom. The van der Waals surface area contributed by atoms with Gasteiger partial charge in [0, 0.05) is 30.8 Å². The molecule has 2 nitrogen and oxygen atoms in total. The highest BCUT2D eigenvalue weighted by Gasteiger charge is 2.09. The van der Waals surface area contributed by atoms with E-state index in [0.29, 0.717) is 0 Å². The van der Waals surface area contributed by atoms with Crippen molar-refractivity contribution in [2.45, 2.75) is 12.5 Å². The van der Waals surface area contributed by atoms with Crippen LogP contribution >= 0.6 is 24.0 Å². The number of nitrogens with zero attached hydrogens (tertiary/aromatic N) is 1. The molecule has 0 aromatic heterocycles. The Kier molecular flexibility index (Phi) is 6.49. The van der Waals surface area contributed by atoms with Crippen molar-refractivity contribution >= 4 is 29.7 Å². The third kappa shape index (κ3) is 3.71. The van der Waals surface area contributed by atoms with E-state index in [1.165, 1.54) is 0 Å². The van der Waals surface area contributed by atoms with Gasteiger partial charge in [-0.1, -0.05) is 23.7 Å². The van der Waals surface area contributed by atoms with Crippen molar-refractivity contribution in [2.75, 3.05) is 19.0 Å². The molecule has 0 aliphatic rings. The lowest BCUT2D eigenvalue weighted by atomic mass is 10.0. The second-order valence-electron chi connectivity index (χ2n) is 3.73. The zero-order valence-electron chi connectivity index (χ0n) is 9.61. The molecule has 0 heterocycles. The molecule has 90 valence electrons. The normalized spacial score (nSPS) is 11.5. The van der Waals surface area contributed by atoms with Crippen LogP contribution in [0.2, 0.25) is 5.02 Å². The number of rotatable bonds is 4. The monoisotopic (exact) mass is 260 g/mol. The van der Waals surface area contributed by atoms with Crippen molar-refractivity contribution < 1.29 is 0 Å². The summed E-state index contributed by atoms with van der Waals surface area (Å²) in [6.07, 6.45) is 2.54. The van der Waals surface area contributed by atoms with Crippen LogP contribution in [0.1, 0.15) is 18.0 Å². The molecule has 1 aromatic carbocycles. The summed E-state index contributed by atoms with van der Waals surface area (Å²) in [4.78, 5) is 2.01. The van der Waals surface area contributed by atoms with Crippen LogP contribution in [0.25, 0.3) is 0 Å². The molecule has 0 spiro atoms. The van der Waals surface area contributed by atoms with Crippen molar-refractivity contribution in [1.82, 2.24) is 0 Å². The van der Waals surface area contributed by atoms with Crippen LogP contribution in [0, 0.1) is 0 Å². The van der Waals surface area contributed by atoms with E-state index in [-0.39, 0.29) is 18.4 Å². The van der Waals surface area contributed by atoms with Crippen LogP contribution in [-0.2, 0) is 0 Å². The predicted octanol–water partition coefficient (Wildman–Crippen LogP) is 3.40. The van der Waals surface area contributed by atoms with Crippen LogP contribution in [0.15, 0.2) is 30.9 Å². The molecule has 0 saturated carbocycles. The lowest BCUT2D eigenvalue weighted by molar-refractivity contribution is 0.742. The van der Waals surface area contributed by atoms with E-state index in [4.69, 9.17) is 17.3 Å². The van der Waals surface area contributed by atoms with E-state index in [1.807, 2.05) is 37.2 Å². The summed E-state index contributed by atoms with van der Waals surface area (Å²) in [5.41, 5.74) is 8.02. The molecule has 0 fully saturated rings. The van der Waals surface area contributed by atoms with Crippen LogP contribution in [0.5, 0.6) is 0 Å². The average molecular weight is 261 g/mol. The first-order valence-electron chi connectivity index (χ1n) is 4.89. The van der Waals surface area contributed by atoms with E-state index in [1.54, 1.807) is 6.08 Å². The van der Waals surface area contributed by atoms with Gasteiger partial charge in [0.15, 0.2) is 0 Å². The topological polar surface area (TPSA) is 29.3 Å². The highest BCUT2D eigenvalue weighted by atomic mass is 35.5. The number of anilines is 1. The summed E-state index contributed by atoms with van der Waals surface area (Å²) in [6, 6.07) is 5.86. The smallest absolute Gasteiger partial charge is 0.0474 e. The second kappa shape index (κ2) is 6.79. The van der Waals surface area contributed by atoms with Crippen molar-refractivity contribution in [3.05, 3.63) is 41.4 Å². The molecule has 0 saturated heterocycles. The van der Waals surface area contributed by atoms with Gasteiger partial charge in [-0.15, -0.1) is 19.0 Å². The first kappa shape index (κ1) is 15.3. The molecule has 0 aliphatic carbocycles. The van der Waals surface area contributed by atoms with Gasteiger partial charge in [0.05, 0.1) is 0 Å². The van der Waals surface area contributed by atoms with Crippen LogP contribution in [-0.4, -0.2) is 14.1 Å². The first-order valence-corrected chi connectivity index (χ1v) is 5.27. The summed E-state index contributed by atoms with van der Waals surface area (Å²) in [5.74, 6) is 0. The van der Waals surface area contributed by atoms with Gasteiger partial charge in [0.1, 0.15) is 0 Å². The molecule has 0 radical (unpaired) electrons. The summed E-state index contributed by atoms with van der Waals surface area (Å²) >= 11 is 6.16. The molecular formula is C12H18Cl2N2. The fourth-order valence-corrected chi connectivity index (χ4v) is 1.72. The van der Waals surface area contributed by atoms with Gasteiger partial charge in [-0.3, -0.25) is 0 Å². The van der Waals surface area contributed by atoms with E-state index >= 15 is 0 Å². The summed E-state index contributed by atoms with van der Waals surface area (Å²) in [6.45, 7) is 3.67. The van der Waals surface area contributed by atoms with E-state index in [2.05, 4.69) is 6.58 Å². The maximum atomic E-state index is 6.16. The Balaban J connectivity index is 0.00000225. The number of halogens is 2. The van der Waals surface area contributed by atoms with Crippen molar-refractivity contribution in [1.29, 1.82) is 0 Å². The number of hydrogen-bond acceptors (Lipinski definition) is 2. The fourth-order valence-electron chi connectivity index (χ4n) is 1.40. The molecule has 2 N–H and O–H groups in total. The Bertz CT molecular complexity index is 351. The third-order valence-electron chi connectivity index (χ3n) is 2.32. The van der Waals surface area contributed by atoms with Crippen LogP contribution in [0.3, 0.4) is 0 Å². The lowest BCUT2D eigenvalue weighted by Crippen LogP contribution is -2.12. The minimum Gasteiger partial charge on any atom is -0.378 e. The molecule has 1 atom stereocenters. The third-order valence-corrected chi connectivity index (χ3v) is 2.65. The van der Waals surface area contributed by atoms with Crippen LogP contribution in [0.4, 0.5) is 5.69 Å². The first-order chi connectivity index (χ1) is 7.06. The Hall–Kier alpha value is -0.700. The van der Waals surface area contributed by atoms with E-state index < -0.39 is 0 Å². The fraction of sp³-hybridized carbons (Fsp3) is 0.333. The van der Waals surface area contributed by atoms with Crippen molar-refractivity contribution in [3.8, 4) is 0 Å². The van der Waals surface area contributed by atoms with Gasteiger partial charge in [-0.05, 0) is 24.1 Å². The minimum atomic E-state index is -0.0637. The Morgan fingerprint density at radius 2 is 2.12 bits per heavy atom. The Morgan fingerprint density at radius 3 is 2.56 bits per heavy atom. The molecule has 0 bridgehead atoms. The molecule has 1 aromatic rings. The molecular weight excluding hydrogens is 243 g/mol. The largest absolute Gasteiger partial charge is 0.378 e. The van der Waals surface area contributed by atoms with Crippen molar-refractivity contribution in [2.24, 2.45) is 5.73 Å². The maximum Gasteiger partial charge on any atom is 0.0474 e. The summed E-state index contributed by atoms with van der Waals surface area (Å²) < 4.78 is 0. The quantitative estimate of drug-likeness (QED) is 0.841. The number of hydrogen-bond donors (Lipinski definition) is 1. The number of benzene rings is 1. The Labute approximate surface area is 108 Å². The second-order valence-corrected chi connectivity index (χ2v) is 4.14. The standard InChI is InChI=1S/C12H17ClN2.ClH/c1-4-5-12(14)10-7-6-9(15(2)3)8-11(10)13;/h4,6-8,12H,1,5,14H2,2-3H3;1H/t12-;/m1./s1. The minimum absolute atomic E-state index is 0. The van der Waals surface area contributed by atoms with Gasteiger partial charge in [0.2, 0.25) is 0 Å². The zero-order valence-corrected chi connectivity index (χ0v) is 11.2. The highest BCUT2D eigenvalue weighted by molar-refractivity contribution is 6.31. The van der Waals surface area contributed by atoms with E-state index in [0.717, 1.165) is 22.7 Å². The average Bonchev–Trinajstić information content (AvgIpc) is 2.17. The molecule has 16 heavy (non-hydrogen) atoms. The van der Waals surface area contributed by atoms with E-state index in [9.17, 15) is 0 Å². The summed E-state index contributed by atoms with van der Waals surface area (Å²) in [5, 5.41) is 0.718.